The van der Waals surface area contributed by atoms with E-state index < -0.39 is 0 Å². The van der Waals surface area contributed by atoms with Crippen LogP contribution in [0.25, 0.3) is 0 Å². The van der Waals surface area contributed by atoms with Crippen LogP contribution in [0.15, 0.2) is 24.3 Å². The molecule has 2 aliphatic rings. The van der Waals surface area contributed by atoms with Crippen LogP contribution in [-0.4, -0.2) is 57.2 Å². The van der Waals surface area contributed by atoms with Crippen molar-refractivity contribution >= 4 is 24.0 Å². The molecule has 2 saturated heterocycles. The lowest BCUT2D eigenvalue weighted by Gasteiger charge is -2.39. The normalized spacial score (nSPS) is 18.7. The molecule has 1 aromatic rings. The van der Waals surface area contributed by atoms with Gasteiger partial charge < -0.3 is 19.9 Å². The largest absolute Gasteiger partial charge is 0.495 e. The zero-order valence-corrected chi connectivity index (χ0v) is 13.1. The average molecular weight is 312 g/mol. The van der Waals surface area contributed by atoms with Crippen LogP contribution in [0.5, 0.6) is 5.75 Å². The first-order valence-electron chi connectivity index (χ1n) is 7.17. The van der Waals surface area contributed by atoms with Gasteiger partial charge in [-0.3, -0.25) is 4.79 Å². The quantitative estimate of drug-likeness (QED) is 0.904. The van der Waals surface area contributed by atoms with Crippen LogP contribution in [0.1, 0.15) is 0 Å². The Balaban J connectivity index is 0.00000161. The van der Waals surface area contributed by atoms with E-state index in [-0.39, 0.29) is 18.3 Å². The Labute approximate surface area is 131 Å². The van der Waals surface area contributed by atoms with Crippen LogP contribution in [0.3, 0.4) is 0 Å². The standard InChI is InChI=1S/C15H21N3O2.ClH/c1-20-14-5-3-2-4-13(14)17-6-8-18(9-7-17)15(19)12-10-16-11-12;/h2-5,12,16H,6-11H2,1H3;1H. The lowest BCUT2D eigenvalue weighted by atomic mass is 10.0. The number of rotatable bonds is 3. The maximum atomic E-state index is 12.2. The van der Waals surface area contributed by atoms with Crippen molar-refractivity contribution in [2.45, 2.75) is 0 Å². The van der Waals surface area contributed by atoms with E-state index in [4.69, 9.17) is 4.74 Å². The number of nitrogens with one attached hydrogen (secondary N) is 1. The lowest BCUT2D eigenvalue weighted by molar-refractivity contribution is -0.137. The summed E-state index contributed by atoms with van der Waals surface area (Å²) in [7, 11) is 1.70. The molecule has 6 heteroatoms. The predicted octanol–water partition coefficient (Wildman–Crippen LogP) is 0.985. The number of ether oxygens (including phenoxy) is 1. The van der Waals surface area contributed by atoms with E-state index in [2.05, 4.69) is 16.3 Å². The third-order valence-electron chi connectivity index (χ3n) is 4.15. The lowest BCUT2D eigenvalue weighted by Crippen LogP contribution is -2.56. The van der Waals surface area contributed by atoms with Gasteiger partial charge in [0.15, 0.2) is 0 Å². The van der Waals surface area contributed by atoms with Gasteiger partial charge in [-0.25, -0.2) is 0 Å². The summed E-state index contributed by atoms with van der Waals surface area (Å²) < 4.78 is 5.41. The zero-order chi connectivity index (χ0) is 13.9. The summed E-state index contributed by atoms with van der Waals surface area (Å²) in [5.74, 6) is 1.41. The molecule has 0 aromatic heterocycles. The van der Waals surface area contributed by atoms with Gasteiger partial charge in [0, 0.05) is 39.3 Å². The number of carbonyl (C=O) groups is 1. The third kappa shape index (κ3) is 3.24. The van der Waals surface area contributed by atoms with Gasteiger partial charge in [0.1, 0.15) is 5.75 Å². The molecule has 5 nitrogen and oxygen atoms in total. The molecule has 0 radical (unpaired) electrons. The number of carbonyl (C=O) groups excluding carboxylic acids is 1. The monoisotopic (exact) mass is 311 g/mol. The molecule has 21 heavy (non-hydrogen) atoms. The van der Waals surface area contributed by atoms with E-state index in [1.54, 1.807) is 7.11 Å². The van der Waals surface area contributed by atoms with Gasteiger partial charge >= 0.3 is 0 Å². The molecule has 2 heterocycles. The Hall–Kier alpha value is -1.46. The summed E-state index contributed by atoms with van der Waals surface area (Å²) >= 11 is 0. The van der Waals surface area contributed by atoms with Gasteiger partial charge in [0.05, 0.1) is 18.7 Å². The van der Waals surface area contributed by atoms with Gasteiger partial charge in [-0.1, -0.05) is 12.1 Å². The first-order valence-corrected chi connectivity index (χ1v) is 7.17. The highest BCUT2D eigenvalue weighted by atomic mass is 35.5. The molecule has 0 saturated carbocycles. The maximum absolute atomic E-state index is 12.2. The van der Waals surface area contributed by atoms with Crippen LogP contribution in [0, 0.1) is 5.92 Å². The number of benzene rings is 1. The SMILES string of the molecule is COc1ccccc1N1CCN(C(=O)C2CNC2)CC1.Cl. The summed E-state index contributed by atoms with van der Waals surface area (Å²) in [4.78, 5) is 16.5. The molecule has 0 bridgehead atoms. The molecule has 1 amide bonds. The molecule has 1 aromatic carbocycles. The van der Waals surface area contributed by atoms with E-state index >= 15 is 0 Å². The molecular formula is C15H22ClN3O2. The van der Waals surface area contributed by atoms with Crippen LogP contribution in [-0.2, 0) is 4.79 Å². The van der Waals surface area contributed by atoms with Gasteiger partial charge in [0.2, 0.25) is 5.91 Å². The Morgan fingerprint density at radius 1 is 1.19 bits per heavy atom. The highest BCUT2D eigenvalue weighted by Gasteiger charge is 2.31. The van der Waals surface area contributed by atoms with Crippen molar-refractivity contribution in [2.24, 2.45) is 5.92 Å². The molecule has 0 unspecified atom stereocenters. The second-order valence-electron chi connectivity index (χ2n) is 5.34. The van der Waals surface area contributed by atoms with Crippen molar-refractivity contribution in [3.8, 4) is 5.75 Å². The van der Waals surface area contributed by atoms with Gasteiger partial charge in [-0.15, -0.1) is 12.4 Å². The van der Waals surface area contributed by atoms with E-state index in [0.29, 0.717) is 5.91 Å². The molecule has 1 N–H and O–H groups in total. The number of halogens is 1. The van der Waals surface area contributed by atoms with Crippen LogP contribution in [0.2, 0.25) is 0 Å². The fourth-order valence-electron chi connectivity index (χ4n) is 2.78. The van der Waals surface area contributed by atoms with E-state index in [1.165, 1.54) is 0 Å². The number of amides is 1. The molecule has 2 fully saturated rings. The second kappa shape index (κ2) is 7.00. The van der Waals surface area contributed by atoms with Crippen LogP contribution in [0.4, 0.5) is 5.69 Å². The van der Waals surface area contributed by atoms with Crippen molar-refractivity contribution in [3.05, 3.63) is 24.3 Å². The van der Waals surface area contributed by atoms with E-state index in [1.807, 2.05) is 23.1 Å². The minimum absolute atomic E-state index is 0. The Bertz CT molecular complexity index is 486. The van der Waals surface area contributed by atoms with Crippen LogP contribution < -0.4 is 15.0 Å². The van der Waals surface area contributed by atoms with Crippen molar-refractivity contribution in [3.63, 3.8) is 0 Å². The number of para-hydroxylation sites is 2. The number of piperazine rings is 1. The first-order chi connectivity index (χ1) is 9.79. The second-order valence-corrected chi connectivity index (χ2v) is 5.34. The molecule has 0 atom stereocenters. The molecule has 0 aliphatic carbocycles. The van der Waals surface area contributed by atoms with Gasteiger partial charge in [0.25, 0.3) is 0 Å². The maximum Gasteiger partial charge on any atom is 0.228 e. The minimum atomic E-state index is 0. The number of hydrogen-bond donors (Lipinski definition) is 1. The predicted molar refractivity (Wildman–Crippen MR) is 85.4 cm³/mol. The van der Waals surface area contributed by atoms with E-state index in [9.17, 15) is 4.79 Å². The summed E-state index contributed by atoms with van der Waals surface area (Å²) in [6, 6.07) is 8.06. The molecule has 116 valence electrons. The number of anilines is 1. The summed E-state index contributed by atoms with van der Waals surface area (Å²) in [6.07, 6.45) is 0. The average Bonchev–Trinajstić information content (AvgIpc) is 2.45. The Kier molecular flexibility index (Phi) is 5.31. The molecular weight excluding hydrogens is 290 g/mol. The van der Waals surface area contributed by atoms with Crippen LogP contribution >= 0.6 is 12.4 Å². The summed E-state index contributed by atoms with van der Waals surface area (Å²) in [5.41, 5.74) is 1.12. The highest BCUT2D eigenvalue weighted by Crippen LogP contribution is 2.28. The van der Waals surface area contributed by atoms with Crippen molar-refractivity contribution in [1.82, 2.24) is 10.2 Å². The fourth-order valence-corrected chi connectivity index (χ4v) is 2.78. The van der Waals surface area contributed by atoms with Crippen molar-refractivity contribution in [2.75, 3.05) is 51.3 Å². The smallest absolute Gasteiger partial charge is 0.228 e. The van der Waals surface area contributed by atoms with Crippen molar-refractivity contribution in [1.29, 1.82) is 0 Å². The number of methoxy groups -OCH3 is 1. The van der Waals surface area contributed by atoms with E-state index in [0.717, 1.165) is 50.7 Å². The zero-order valence-electron chi connectivity index (χ0n) is 12.2. The highest BCUT2D eigenvalue weighted by molar-refractivity contribution is 5.85. The number of hydrogen-bond acceptors (Lipinski definition) is 4. The van der Waals surface area contributed by atoms with Gasteiger partial charge in [-0.2, -0.15) is 0 Å². The summed E-state index contributed by atoms with van der Waals surface area (Å²) in [5, 5.41) is 3.16. The minimum Gasteiger partial charge on any atom is -0.495 e. The summed E-state index contributed by atoms with van der Waals surface area (Å²) in [6.45, 7) is 5.01. The first kappa shape index (κ1) is 15.9. The van der Waals surface area contributed by atoms with Gasteiger partial charge in [-0.05, 0) is 12.1 Å². The van der Waals surface area contributed by atoms with Crippen molar-refractivity contribution < 1.29 is 9.53 Å². The molecule has 0 spiro atoms. The number of nitrogens with zero attached hydrogens (tertiary/aromatic N) is 2. The molecule has 3 rings (SSSR count). The Morgan fingerprint density at radius 2 is 1.86 bits per heavy atom. The molecule has 2 aliphatic heterocycles. The topological polar surface area (TPSA) is 44.8 Å². The fraction of sp³-hybridized carbons (Fsp3) is 0.533. The Morgan fingerprint density at radius 3 is 2.43 bits per heavy atom. The third-order valence-corrected chi connectivity index (χ3v) is 4.15.